The zero-order chi connectivity index (χ0) is 28.9. The lowest BCUT2D eigenvalue weighted by Crippen LogP contribution is -2.11. The van der Waals surface area contributed by atoms with E-state index in [9.17, 15) is 18.8 Å². The second-order valence-corrected chi connectivity index (χ2v) is 7.44. The Labute approximate surface area is 229 Å². The minimum absolute atomic E-state index is 0.119. The average molecular weight is 544 g/mol. The van der Waals surface area contributed by atoms with Crippen LogP contribution in [-0.2, 0) is 19.1 Å². The van der Waals surface area contributed by atoms with Gasteiger partial charge in [-0.3, -0.25) is 0 Å². The predicted molar refractivity (Wildman–Crippen MR) is 139 cm³/mol. The Morgan fingerprint density at radius 3 is 1.90 bits per heavy atom. The van der Waals surface area contributed by atoms with Gasteiger partial charge in [0.2, 0.25) is 13.6 Å². The van der Waals surface area contributed by atoms with Crippen LogP contribution in [0.5, 0.6) is 23.0 Å². The Balaban J connectivity index is 1.74. The van der Waals surface area contributed by atoms with Crippen molar-refractivity contribution in [2.24, 2.45) is 0 Å². The van der Waals surface area contributed by atoms with Crippen LogP contribution >= 0.6 is 0 Å². The third kappa shape index (κ3) is 8.49. The van der Waals surface area contributed by atoms with Gasteiger partial charge in [-0.05, 0) is 60.7 Å². The van der Waals surface area contributed by atoms with Crippen LogP contribution in [0.2, 0.25) is 0 Å². The lowest BCUT2D eigenvalue weighted by Gasteiger charge is -2.12. The van der Waals surface area contributed by atoms with Crippen molar-refractivity contribution in [1.82, 2.24) is 0 Å². The van der Waals surface area contributed by atoms with Gasteiger partial charge in [-0.25, -0.2) is 18.8 Å². The molecule has 0 heterocycles. The van der Waals surface area contributed by atoms with Gasteiger partial charge in [0.15, 0.2) is 18.6 Å². The Morgan fingerprint density at radius 1 is 0.775 bits per heavy atom. The number of rotatable bonds is 11. The molecule has 202 valence electrons. The molecule has 0 spiro atoms. The summed E-state index contributed by atoms with van der Waals surface area (Å²) in [5, 5.41) is 0. The summed E-state index contributed by atoms with van der Waals surface area (Å²) >= 11 is 0. The average Bonchev–Trinajstić information content (AvgIpc) is 2.97. The van der Waals surface area contributed by atoms with Crippen molar-refractivity contribution in [2.45, 2.75) is 0 Å². The summed E-state index contributed by atoms with van der Waals surface area (Å²) in [6, 6.07) is 14.2. The van der Waals surface area contributed by atoms with Gasteiger partial charge >= 0.3 is 17.9 Å². The van der Waals surface area contributed by atoms with E-state index in [0.29, 0.717) is 11.3 Å². The van der Waals surface area contributed by atoms with E-state index in [0.717, 1.165) is 18.2 Å². The highest BCUT2D eigenvalue weighted by atomic mass is 19.1. The number of carbonyl (C=O) groups excluding carboxylic acids is 3. The van der Waals surface area contributed by atoms with E-state index in [2.05, 4.69) is 29.7 Å². The zero-order valence-electron chi connectivity index (χ0n) is 20.9. The quantitative estimate of drug-likeness (QED) is 0.112. The lowest BCUT2D eigenvalue weighted by atomic mass is 10.1. The third-order valence-corrected chi connectivity index (χ3v) is 4.82. The predicted octanol–water partition coefficient (Wildman–Crippen LogP) is 4.62. The van der Waals surface area contributed by atoms with Crippen LogP contribution in [0.3, 0.4) is 0 Å². The minimum Gasteiger partial charge on any atom is -0.482 e. The molecule has 10 heteroatoms. The fourth-order valence-corrected chi connectivity index (χ4v) is 2.89. The molecule has 0 aliphatic rings. The summed E-state index contributed by atoms with van der Waals surface area (Å²) in [5.41, 5.74) is 0.417. The molecule has 0 unspecified atom stereocenters. The monoisotopic (exact) mass is 544 g/mol. The van der Waals surface area contributed by atoms with E-state index in [1.54, 1.807) is 6.07 Å². The fourth-order valence-electron chi connectivity index (χ4n) is 2.89. The molecule has 3 aromatic rings. The number of benzene rings is 3. The number of hydrogen-bond donors (Lipinski definition) is 0. The molecule has 40 heavy (non-hydrogen) atoms. The van der Waals surface area contributed by atoms with Gasteiger partial charge in [0.05, 0.1) is 5.56 Å². The van der Waals surface area contributed by atoms with Crippen LogP contribution in [0.15, 0.2) is 86.0 Å². The molecule has 0 bridgehead atoms. The molecule has 0 fully saturated rings. The van der Waals surface area contributed by atoms with Gasteiger partial charge in [0.1, 0.15) is 17.3 Å². The van der Waals surface area contributed by atoms with E-state index in [4.69, 9.17) is 30.8 Å². The van der Waals surface area contributed by atoms with Gasteiger partial charge in [-0.2, -0.15) is 0 Å². The van der Waals surface area contributed by atoms with E-state index in [-0.39, 0.29) is 28.4 Å². The van der Waals surface area contributed by atoms with E-state index >= 15 is 0 Å². The van der Waals surface area contributed by atoms with Crippen LogP contribution in [0.4, 0.5) is 4.39 Å². The molecule has 0 amide bonds. The van der Waals surface area contributed by atoms with Gasteiger partial charge in [-0.1, -0.05) is 25.0 Å². The first-order valence-corrected chi connectivity index (χ1v) is 11.3. The van der Waals surface area contributed by atoms with Crippen molar-refractivity contribution in [3.8, 4) is 34.8 Å². The van der Waals surface area contributed by atoms with Crippen molar-refractivity contribution < 1.29 is 47.2 Å². The second-order valence-electron chi connectivity index (χ2n) is 7.44. The summed E-state index contributed by atoms with van der Waals surface area (Å²) < 4.78 is 44.8. The first kappa shape index (κ1) is 29.0. The zero-order valence-corrected chi connectivity index (χ0v) is 20.9. The molecule has 0 saturated heterocycles. The Bertz CT molecular complexity index is 1470. The number of ether oxygens (including phenoxy) is 6. The van der Waals surface area contributed by atoms with Crippen LogP contribution < -0.4 is 18.9 Å². The maximum atomic E-state index is 14.7. The van der Waals surface area contributed by atoms with Gasteiger partial charge in [-0.15, -0.1) is 0 Å². The Morgan fingerprint density at radius 2 is 1.32 bits per heavy atom. The van der Waals surface area contributed by atoms with Crippen molar-refractivity contribution in [3.05, 3.63) is 116 Å². The SMILES string of the molecule is [CH]Oc1ccc(OC(=O)c2ccc(C#Cc3ccc(OCOC(=O)C=C)c(OCOC(=O)C=C)c3)cc2F)cc1. The lowest BCUT2D eigenvalue weighted by molar-refractivity contribution is -0.146. The number of halogens is 1. The number of hydrogen-bond acceptors (Lipinski definition) is 9. The van der Waals surface area contributed by atoms with Crippen molar-refractivity contribution >= 4 is 17.9 Å². The summed E-state index contributed by atoms with van der Waals surface area (Å²) in [4.78, 5) is 34.9. The molecule has 0 aliphatic carbocycles. The molecule has 0 aromatic heterocycles. The van der Waals surface area contributed by atoms with Gasteiger partial charge < -0.3 is 28.4 Å². The number of carbonyl (C=O) groups is 3. The topological polar surface area (TPSA) is 107 Å². The maximum absolute atomic E-state index is 14.7. The molecular weight excluding hydrogens is 523 g/mol. The highest BCUT2D eigenvalue weighted by molar-refractivity contribution is 5.91. The van der Waals surface area contributed by atoms with Crippen molar-refractivity contribution in [2.75, 3.05) is 13.6 Å². The van der Waals surface area contributed by atoms with Crippen LogP contribution in [0.25, 0.3) is 0 Å². The molecule has 0 aliphatic heterocycles. The molecule has 2 radical (unpaired) electrons. The molecule has 0 N–H and O–H groups in total. The minimum atomic E-state index is -0.897. The summed E-state index contributed by atoms with van der Waals surface area (Å²) in [7, 11) is 5.05. The Kier molecular flexibility index (Phi) is 10.4. The van der Waals surface area contributed by atoms with Gasteiger partial charge in [0, 0.05) is 23.3 Å². The molecule has 0 saturated carbocycles. The molecule has 9 nitrogen and oxygen atoms in total. The standard InChI is InChI=1S/C30H21FO9/c1-4-28(32)38-18-36-26-15-9-21(17-27(26)37-19-39-29(33)5-2)7-6-20-8-14-24(25(31)16-20)30(34)40-23-12-10-22(35-3)11-13-23/h3-5,8-17H,1-2,18-19H2. The Hall–Kier alpha value is -5.56. The second kappa shape index (κ2) is 14.4. The highest BCUT2D eigenvalue weighted by Gasteiger charge is 2.15. The van der Waals surface area contributed by atoms with Crippen molar-refractivity contribution in [3.63, 3.8) is 0 Å². The summed E-state index contributed by atoms with van der Waals surface area (Å²) in [6.07, 6.45) is 1.94. The molecule has 0 atom stereocenters. The first-order valence-electron chi connectivity index (χ1n) is 11.3. The van der Waals surface area contributed by atoms with Crippen molar-refractivity contribution in [1.29, 1.82) is 0 Å². The molecule has 3 rings (SSSR count). The number of esters is 3. The highest BCUT2D eigenvalue weighted by Crippen LogP contribution is 2.28. The summed E-state index contributed by atoms with van der Waals surface area (Å²) in [6.45, 7) is 5.69. The van der Waals surface area contributed by atoms with Crippen LogP contribution in [0.1, 0.15) is 21.5 Å². The summed E-state index contributed by atoms with van der Waals surface area (Å²) in [5.74, 6) is 3.33. The third-order valence-electron chi connectivity index (χ3n) is 4.82. The van der Waals surface area contributed by atoms with Crippen LogP contribution in [-0.4, -0.2) is 31.5 Å². The maximum Gasteiger partial charge on any atom is 0.346 e. The van der Waals surface area contributed by atoms with E-state index in [1.807, 2.05) is 0 Å². The van der Waals surface area contributed by atoms with E-state index in [1.165, 1.54) is 48.5 Å². The smallest absolute Gasteiger partial charge is 0.346 e. The van der Waals surface area contributed by atoms with Crippen LogP contribution in [0, 0.1) is 24.8 Å². The normalized spacial score (nSPS) is 9.75. The largest absolute Gasteiger partial charge is 0.482 e. The van der Waals surface area contributed by atoms with Gasteiger partial charge in [0.25, 0.3) is 0 Å². The fraction of sp³-hybridized carbons (Fsp3) is 0.0667. The first-order chi connectivity index (χ1) is 19.3. The molecular formula is C30H21FO9. The molecule has 3 aromatic carbocycles. The van der Waals surface area contributed by atoms with E-state index < -0.39 is 37.3 Å².